The molecule has 21 heteroatoms. The maximum atomic E-state index is 13.3. The van der Waals surface area contributed by atoms with E-state index < -0.39 is 105 Å². The average molecular weight is 1030 g/mol. The van der Waals surface area contributed by atoms with Gasteiger partial charge >= 0.3 is 38.7 Å². The van der Waals surface area contributed by atoms with Gasteiger partial charge in [0.15, 0.2) is 18.5 Å². The number of aliphatic hydroxyl groups excluding tert-OH is 1. The molecule has 5 aliphatic rings. The Morgan fingerprint density at radius 2 is 1.68 bits per heavy atom. The van der Waals surface area contributed by atoms with Crippen LogP contribution in [0.2, 0.25) is 0 Å². The predicted molar refractivity (Wildman–Crippen MR) is 225 cm³/mol. The Balaban J connectivity index is 1.31. The minimum atomic E-state index is -5.53. The number of aromatic hydroxyl groups is 1. The first-order chi connectivity index (χ1) is 28.8. The molecule has 2 bridgehead atoms. The van der Waals surface area contributed by atoms with Crippen LogP contribution in [-0.2, 0) is 68.9 Å². The van der Waals surface area contributed by atoms with Gasteiger partial charge in [-0.15, -0.1) is 0 Å². The van der Waals surface area contributed by atoms with E-state index in [2.05, 4.69) is 6.58 Å². The number of ether oxygens (including phenoxy) is 4. The van der Waals surface area contributed by atoms with Gasteiger partial charge in [-0.3, -0.25) is 23.5 Å². The summed E-state index contributed by atoms with van der Waals surface area (Å²) < 4.78 is 103. The molecule has 0 amide bonds. The number of aliphatic hydroxyl groups is 1. The van der Waals surface area contributed by atoms with Gasteiger partial charge in [0.05, 0.1) is 21.7 Å². The van der Waals surface area contributed by atoms with E-state index in [0.717, 1.165) is 24.0 Å². The van der Waals surface area contributed by atoms with Gasteiger partial charge in [0, 0.05) is 18.3 Å². The number of carboxylic acids is 1. The first-order valence-electron chi connectivity index (χ1n) is 20.9. The van der Waals surface area contributed by atoms with Crippen molar-refractivity contribution >= 4 is 61.3 Å². The van der Waals surface area contributed by atoms with Gasteiger partial charge in [-0.25, -0.2) is 8.37 Å². The lowest BCUT2D eigenvalue weighted by molar-refractivity contribution is -0.316. The van der Waals surface area contributed by atoms with Crippen LogP contribution >= 0.6 is 22.6 Å². The monoisotopic (exact) mass is 1030 g/mol. The fourth-order valence-corrected chi connectivity index (χ4v) is 13.3. The third-order valence-corrected chi connectivity index (χ3v) is 15.6. The summed E-state index contributed by atoms with van der Waals surface area (Å²) in [6, 6.07) is 3.53. The summed E-state index contributed by atoms with van der Waals surface area (Å²) in [4.78, 5) is 39.4. The molecule has 1 spiro atoms. The number of benzene rings is 1. The van der Waals surface area contributed by atoms with Crippen molar-refractivity contribution in [3.63, 3.8) is 0 Å². The standard InChI is InChI=1S/C41H57IO18S2/c1-20(2)13-32(44)58-36-35(60-62(52,53)54)34(59-61(49,50)51)29(19-55-31(43)8-6-7-23-14-21(3)33(45)28(42)15-23)57-39(36)56-25-16-26(38(47)48)27-11-12-41-17-24(22(4)37(41)46)9-10-30(41)40(27,5)18-25/h14-15,20,24-27,29-30,34-37,39,45-46H,4,6-13,16-19H2,1-3,5H3,(H,47,48)(H,49,50,51)(H,52,53,54)/t24-,25-,26-,27-,29-,30+,34-,35+,36-,37-,39-,40-,41-/m1/s1. The summed E-state index contributed by atoms with van der Waals surface area (Å²) in [5.74, 6) is -4.19. The van der Waals surface area contributed by atoms with Crippen LogP contribution in [0.3, 0.4) is 0 Å². The van der Waals surface area contributed by atoms with Crippen molar-refractivity contribution in [1.29, 1.82) is 0 Å². The summed E-state index contributed by atoms with van der Waals surface area (Å²) >= 11 is 1.99. The topological polar surface area (TPSA) is 276 Å². The molecular formula is C41H57IO18S2. The summed E-state index contributed by atoms with van der Waals surface area (Å²) in [5.41, 5.74) is 1.04. The fourth-order valence-electron chi connectivity index (χ4n) is 11.4. The van der Waals surface area contributed by atoms with Crippen LogP contribution in [0.1, 0.15) is 96.1 Å². The van der Waals surface area contributed by atoms with E-state index in [4.69, 9.17) is 27.3 Å². The normalized spacial score (nSPS) is 35.8. The number of esters is 2. The van der Waals surface area contributed by atoms with E-state index in [0.29, 0.717) is 34.8 Å². The zero-order valence-electron chi connectivity index (χ0n) is 35.0. The third-order valence-electron chi connectivity index (χ3n) is 13.9. The van der Waals surface area contributed by atoms with Crippen LogP contribution in [0.4, 0.5) is 0 Å². The number of aryl methyl sites for hydroxylation is 2. The van der Waals surface area contributed by atoms with Gasteiger partial charge < -0.3 is 34.3 Å². The van der Waals surface area contributed by atoms with E-state index in [9.17, 15) is 55.6 Å². The highest BCUT2D eigenvalue weighted by molar-refractivity contribution is 14.1. The number of carbonyl (C=O) groups is 3. The Morgan fingerprint density at radius 1 is 1.00 bits per heavy atom. The first-order valence-corrected chi connectivity index (χ1v) is 24.7. The highest BCUT2D eigenvalue weighted by Crippen LogP contribution is 2.70. The molecule has 62 heavy (non-hydrogen) atoms. The van der Waals surface area contributed by atoms with Crippen molar-refractivity contribution in [2.45, 2.75) is 141 Å². The van der Waals surface area contributed by atoms with Crippen LogP contribution in [0, 0.1) is 50.9 Å². The van der Waals surface area contributed by atoms with Crippen molar-refractivity contribution in [1.82, 2.24) is 0 Å². The molecule has 5 fully saturated rings. The summed E-state index contributed by atoms with van der Waals surface area (Å²) in [7, 11) is -11.0. The highest BCUT2D eigenvalue weighted by Gasteiger charge is 2.67. The predicted octanol–water partition coefficient (Wildman–Crippen LogP) is 4.86. The molecule has 1 aliphatic heterocycles. The minimum absolute atomic E-state index is 0.0618. The van der Waals surface area contributed by atoms with Gasteiger partial charge in [0.1, 0.15) is 24.6 Å². The zero-order valence-corrected chi connectivity index (χ0v) is 38.8. The largest absolute Gasteiger partial charge is 0.507 e. The van der Waals surface area contributed by atoms with E-state index in [1.165, 1.54) is 0 Å². The van der Waals surface area contributed by atoms with Gasteiger partial charge in [-0.1, -0.05) is 33.4 Å². The Kier molecular flexibility index (Phi) is 14.8. The lowest BCUT2D eigenvalue weighted by Gasteiger charge is -2.62. The summed E-state index contributed by atoms with van der Waals surface area (Å²) in [6.07, 6.45) is -8.18. The first kappa shape index (κ1) is 49.0. The smallest absolute Gasteiger partial charge is 0.397 e. The second kappa shape index (κ2) is 18.8. The Labute approximate surface area is 375 Å². The van der Waals surface area contributed by atoms with Crippen LogP contribution in [0.25, 0.3) is 0 Å². The SMILES string of the molecule is C=C1[C@@H]2CC[C@H]3[C@]4(C)C[C@H](O[C@@H]5O[C@H](COC(=O)CCCc6cc(C)c(O)c(I)c6)[C@@H](OS(=O)(=O)O)[C@H](OS(=O)(=O)O)[C@H]5OC(=O)CC(C)C)C[C@@H](C(=O)O)[C@H]4CC[C@]3(C2)[C@@H]1O. The number of carboxylic acid groups (broad SMARTS) is 1. The number of phenolic OH excluding ortho intramolecular Hbond substituents is 1. The molecule has 18 nitrogen and oxygen atoms in total. The average Bonchev–Trinajstić information content (AvgIpc) is 3.32. The summed E-state index contributed by atoms with van der Waals surface area (Å²) in [5, 5.41) is 32.3. The molecule has 4 aliphatic carbocycles. The maximum Gasteiger partial charge on any atom is 0.397 e. The minimum Gasteiger partial charge on any atom is -0.507 e. The number of hydrogen-bond acceptors (Lipinski definition) is 15. The molecule has 1 aromatic carbocycles. The number of fused-ring (bicyclic) bond motifs is 3. The van der Waals surface area contributed by atoms with Crippen LogP contribution in [0.15, 0.2) is 24.3 Å². The molecule has 1 heterocycles. The lowest BCUT2D eigenvalue weighted by Crippen LogP contribution is -2.64. The van der Waals surface area contributed by atoms with Gasteiger partial charge in [-0.2, -0.15) is 16.8 Å². The van der Waals surface area contributed by atoms with Crippen LogP contribution in [-0.4, -0.2) is 109 Å². The van der Waals surface area contributed by atoms with E-state index in [1.807, 2.05) is 29.5 Å². The van der Waals surface area contributed by atoms with Crippen LogP contribution < -0.4 is 0 Å². The second-order valence-electron chi connectivity index (χ2n) is 18.4. The van der Waals surface area contributed by atoms with E-state index >= 15 is 0 Å². The zero-order chi connectivity index (χ0) is 45.7. The molecule has 0 aromatic heterocycles. The Bertz CT molecular complexity index is 2090. The number of hydrogen-bond donors (Lipinski definition) is 5. The lowest BCUT2D eigenvalue weighted by atomic mass is 9.43. The number of carbonyl (C=O) groups excluding carboxylic acids is 2. The van der Waals surface area contributed by atoms with Gasteiger partial charge in [-0.05, 0) is 139 Å². The van der Waals surface area contributed by atoms with Crippen molar-refractivity contribution in [2.75, 3.05) is 6.61 Å². The summed E-state index contributed by atoms with van der Waals surface area (Å²) in [6.45, 7) is 10.5. The van der Waals surface area contributed by atoms with Crippen molar-refractivity contribution in [3.05, 3.63) is 39.0 Å². The molecule has 0 radical (unpaired) electrons. The molecule has 6 rings (SSSR count). The van der Waals surface area contributed by atoms with Crippen LogP contribution in [0.5, 0.6) is 5.75 Å². The molecule has 0 unspecified atom stereocenters. The number of phenols is 1. The Morgan fingerprint density at radius 3 is 2.31 bits per heavy atom. The maximum absolute atomic E-state index is 13.3. The molecule has 13 atom stereocenters. The van der Waals surface area contributed by atoms with E-state index in [-0.39, 0.29) is 61.5 Å². The quantitative estimate of drug-likeness (QED) is 0.0486. The van der Waals surface area contributed by atoms with Gasteiger partial charge in [0.2, 0.25) is 0 Å². The molecule has 1 saturated heterocycles. The number of halogens is 1. The molecule has 1 aromatic rings. The molecule has 4 saturated carbocycles. The highest BCUT2D eigenvalue weighted by atomic mass is 127. The Hall–Kier alpha value is -2.48. The van der Waals surface area contributed by atoms with Crippen molar-refractivity contribution in [3.8, 4) is 5.75 Å². The van der Waals surface area contributed by atoms with Crippen molar-refractivity contribution < 1.29 is 83.0 Å². The van der Waals surface area contributed by atoms with E-state index in [1.54, 1.807) is 32.9 Å². The second-order valence-corrected chi connectivity index (χ2v) is 21.6. The van der Waals surface area contributed by atoms with Crippen molar-refractivity contribution in [2.24, 2.45) is 40.4 Å². The molecule has 348 valence electrons. The van der Waals surface area contributed by atoms with Gasteiger partial charge in [0.25, 0.3) is 0 Å². The number of rotatable bonds is 16. The number of aliphatic carboxylic acids is 1. The fraction of sp³-hybridized carbons (Fsp3) is 0.732. The molecular weight excluding hydrogens is 971 g/mol. The third kappa shape index (κ3) is 10.6. The molecule has 5 N–H and O–H groups in total.